The minimum Gasteiger partial charge on any atom is -0.472 e. The number of carbonyl (C=O) groups is 3. The zero-order chi connectivity index (χ0) is 27.5. The minimum absolute atomic E-state index is 0.120. The van der Waals surface area contributed by atoms with Crippen LogP contribution in [0.5, 0.6) is 0 Å². The topological polar surface area (TPSA) is 105 Å². The zero-order valence-electron chi connectivity index (χ0n) is 23.5. The van der Waals surface area contributed by atoms with Crippen molar-refractivity contribution in [2.75, 3.05) is 0 Å². The van der Waals surface area contributed by atoms with Crippen LogP contribution in [-0.4, -0.2) is 41.8 Å². The summed E-state index contributed by atoms with van der Waals surface area (Å²) in [4.78, 5) is 37.9. The largest absolute Gasteiger partial charge is 0.472 e. The first-order valence-electron chi connectivity index (χ1n) is 14.0. The van der Waals surface area contributed by atoms with Crippen LogP contribution in [0, 0.1) is 33.5 Å². The summed E-state index contributed by atoms with van der Waals surface area (Å²) in [6.07, 6.45) is 5.36. The summed E-state index contributed by atoms with van der Waals surface area (Å²) in [6.45, 7) is 14.0. The molecule has 10 atom stereocenters. The van der Waals surface area contributed by atoms with E-state index in [1.165, 1.54) is 13.8 Å². The van der Waals surface area contributed by atoms with Gasteiger partial charge >= 0.3 is 17.9 Å². The van der Waals surface area contributed by atoms with E-state index in [0.717, 1.165) is 31.2 Å². The molecule has 0 aromatic carbocycles. The van der Waals surface area contributed by atoms with Crippen LogP contribution in [0.15, 0.2) is 23.0 Å². The second-order valence-electron chi connectivity index (χ2n) is 13.7. The average molecular weight is 529 g/mol. The summed E-state index contributed by atoms with van der Waals surface area (Å²) >= 11 is 0. The van der Waals surface area contributed by atoms with Crippen molar-refractivity contribution in [3.63, 3.8) is 0 Å². The SMILES string of the molecule is CC(=O)O[C@H]1CC[C@@]2(C)C(C[C@@H](OC(C)=O)[C@]3(C)C2CC[C@@]2(C)[C@H](c4ccoc4)OC(=O)[C@H]4O[C@]423)C1(C)C. The highest BCUT2D eigenvalue weighted by Gasteiger charge is 2.88. The van der Waals surface area contributed by atoms with Gasteiger partial charge in [0.05, 0.1) is 12.5 Å². The van der Waals surface area contributed by atoms with Crippen molar-refractivity contribution in [2.45, 2.75) is 111 Å². The van der Waals surface area contributed by atoms with Crippen molar-refractivity contribution in [1.29, 1.82) is 0 Å². The fraction of sp³-hybridized carbons (Fsp3) is 0.767. The molecule has 0 N–H and O–H groups in total. The molecule has 3 aliphatic carbocycles. The molecule has 2 saturated heterocycles. The summed E-state index contributed by atoms with van der Waals surface area (Å²) in [6, 6.07) is 1.86. The van der Waals surface area contributed by atoms with Gasteiger partial charge in [-0.2, -0.15) is 0 Å². The molecule has 6 rings (SSSR count). The summed E-state index contributed by atoms with van der Waals surface area (Å²) in [7, 11) is 0. The van der Waals surface area contributed by atoms with E-state index in [9.17, 15) is 14.4 Å². The van der Waals surface area contributed by atoms with Crippen LogP contribution in [0.4, 0.5) is 0 Å². The lowest BCUT2D eigenvalue weighted by Gasteiger charge is -2.70. The minimum atomic E-state index is -0.828. The number of hydrogen-bond donors (Lipinski definition) is 0. The maximum atomic E-state index is 13.4. The Labute approximate surface area is 224 Å². The molecule has 8 heteroatoms. The van der Waals surface area contributed by atoms with E-state index >= 15 is 0 Å². The molecular formula is C30H40O8. The Morgan fingerprint density at radius 3 is 2.24 bits per heavy atom. The van der Waals surface area contributed by atoms with E-state index < -0.39 is 34.7 Å². The Morgan fingerprint density at radius 2 is 1.61 bits per heavy atom. The third-order valence-electron chi connectivity index (χ3n) is 11.8. The average Bonchev–Trinajstić information content (AvgIpc) is 3.39. The Bertz CT molecular complexity index is 1170. The molecule has 0 bridgehead atoms. The van der Waals surface area contributed by atoms with Crippen LogP contribution >= 0.6 is 0 Å². The Balaban J connectivity index is 1.49. The Morgan fingerprint density at radius 1 is 0.921 bits per heavy atom. The van der Waals surface area contributed by atoms with E-state index in [1.54, 1.807) is 12.5 Å². The number of hydrogen-bond acceptors (Lipinski definition) is 8. The van der Waals surface area contributed by atoms with Crippen LogP contribution in [0.1, 0.15) is 92.2 Å². The van der Waals surface area contributed by atoms with Crippen molar-refractivity contribution in [3.05, 3.63) is 24.2 Å². The molecule has 38 heavy (non-hydrogen) atoms. The van der Waals surface area contributed by atoms with Gasteiger partial charge in [0.1, 0.15) is 23.9 Å². The second kappa shape index (κ2) is 7.86. The number of esters is 3. The van der Waals surface area contributed by atoms with E-state index in [0.29, 0.717) is 6.42 Å². The van der Waals surface area contributed by atoms with Crippen LogP contribution in [0.3, 0.4) is 0 Å². The van der Waals surface area contributed by atoms with Crippen LogP contribution < -0.4 is 0 Å². The number of furan rings is 1. The molecule has 3 heterocycles. The van der Waals surface area contributed by atoms with Gasteiger partial charge in [-0.1, -0.05) is 34.6 Å². The van der Waals surface area contributed by atoms with Crippen molar-refractivity contribution in [3.8, 4) is 0 Å². The van der Waals surface area contributed by atoms with Crippen LogP contribution in [0.2, 0.25) is 0 Å². The van der Waals surface area contributed by atoms with Gasteiger partial charge in [0.15, 0.2) is 6.10 Å². The molecule has 8 nitrogen and oxygen atoms in total. The normalized spacial score (nSPS) is 48.3. The van der Waals surface area contributed by atoms with Gasteiger partial charge in [-0.3, -0.25) is 9.59 Å². The molecule has 0 radical (unpaired) electrons. The fourth-order valence-corrected chi connectivity index (χ4v) is 10.3. The van der Waals surface area contributed by atoms with Crippen molar-refractivity contribution < 1.29 is 37.7 Å². The highest BCUT2D eigenvalue weighted by atomic mass is 16.7. The highest BCUT2D eigenvalue weighted by molar-refractivity contribution is 5.82. The molecule has 1 spiro atoms. The number of ether oxygens (including phenoxy) is 4. The van der Waals surface area contributed by atoms with Gasteiger partial charge in [0.2, 0.25) is 0 Å². The van der Waals surface area contributed by atoms with E-state index in [4.69, 9.17) is 23.4 Å². The van der Waals surface area contributed by atoms with Crippen molar-refractivity contribution >= 4 is 17.9 Å². The molecule has 0 amide bonds. The highest BCUT2D eigenvalue weighted by Crippen LogP contribution is 2.80. The molecular weight excluding hydrogens is 488 g/mol. The molecule has 5 aliphatic rings. The van der Waals surface area contributed by atoms with Gasteiger partial charge in [-0.05, 0) is 55.4 Å². The first kappa shape index (κ1) is 25.9. The molecule has 5 fully saturated rings. The summed E-state index contributed by atoms with van der Waals surface area (Å²) in [5, 5.41) is 0. The zero-order valence-corrected chi connectivity index (χ0v) is 23.5. The molecule has 208 valence electrons. The van der Waals surface area contributed by atoms with Crippen molar-refractivity contribution in [1.82, 2.24) is 0 Å². The molecule has 2 aliphatic heterocycles. The van der Waals surface area contributed by atoms with E-state index in [-0.39, 0.29) is 46.7 Å². The molecule has 3 saturated carbocycles. The summed E-state index contributed by atoms with van der Waals surface area (Å²) in [5.41, 5.74) is -1.58. The van der Waals surface area contributed by atoms with Gasteiger partial charge in [0.25, 0.3) is 0 Å². The Kier molecular flexibility index (Phi) is 5.36. The standard InChI is InChI=1S/C30H40O8/c1-16(31)35-21-9-11-27(5)19-8-12-28(6)23(18-10-13-34-15-18)37-25(33)24-30(28,38-24)29(19,7)22(36-17(2)32)14-20(27)26(21,3)4/h10,13,15,19-24H,8-9,11-12,14H2,1-7H3/t19?,20?,21-,22+,23-,24+,27+,28-,29-,30+/m0/s1. The van der Waals surface area contributed by atoms with E-state index in [1.807, 2.05) is 6.07 Å². The van der Waals surface area contributed by atoms with E-state index in [2.05, 4.69) is 34.6 Å². The lowest BCUT2D eigenvalue weighted by molar-refractivity contribution is -0.276. The summed E-state index contributed by atoms with van der Waals surface area (Å²) < 4.78 is 30.1. The quantitative estimate of drug-likeness (QED) is 0.301. The molecule has 1 aromatic heterocycles. The summed E-state index contributed by atoms with van der Waals surface area (Å²) in [5.74, 6) is -0.688. The molecule has 2 unspecified atom stereocenters. The van der Waals surface area contributed by atoms with Crippen LogP contribution in [-0.2, 0) is 33.3 Å². The van der Waals surface area contributed by atoms with Gasteiger partial charge in [-0.15, -0.1) is 0 Å². The van der Waals surface area contributed by atoms with Gasteiger partial charge < -0.3 is 23.4 Å². The fourth-order valence-electron chi connectivity index (χ4n) is 10.3. The maximum absolute atomic E-state index is 13.4. The number of epoxide rings is 1. The first-order chi connectivity index (χ1) is 17.7. The van der Waals surface area contributed by atoms with Crippen LogP contribution in [0.25, 0.3) is 0 Å². The maximum Gasteiger partial charge on any atom is 0.339 e. The first-order valence-corrected chi connectivity index (χ1v) is 14.0. The number of fused-ring (bicyclic) bond motifs is 3. The Hall–Kier alpha value is -2.35. The third-order valence-corrected chi connectivity index (χ3v) is 11.8. The van der Waals surface area contributed by atoms with Crippen molar-refractivity contribution in [2.24, 2.45) is 33.5 Å². The smallest absolute Gasteiger partial charge is 0.339 e. The predicted molar refractivity (Wildman–Crippen MR) is 134 cm³/mol. The lowest BCUT2D eigenvalue weighted by Crippen LogP contribution is -2.73. The molecule has 1 aromatic rings. The third kappa shape index (κ3) is 2.98. The second-order valence-corrected chi connectivity index (χ2v) is 13.7. The predicted octanol–water partition coefficient (Wildman–Crippen LogP) is 5.15. The lowest BCUT2D eigenvalue weighted by atomic mass is 9.34. The van der Waals surface area contributed by atoms with Gasteiger partial charge in [-0.25, -0.2) is 4.79 Å². The monoisotopic (exact) mass is 528 g/mol. The number of cyclic esters (lactones) is 1. The number of rotatable bonds is 3. The van der Waals surface area contributed by atoms with Gasteiger partial charge in [0, 0.05) is 35.7 Å². The number of carbonyl (C=O) groups excluding carboxylic acids is 3.